The lowest BCUT2D eigenvalue weighted by Crippen LogP contribution is -2.37. The first-order valence-electron chi connectivity index (χ1n) is 8.90. The first kappa shape index (κ1) is 22.8. The molecule has 0 atom stereocenters. The minimum atomic E-state index is -0.572. The molecule has 0 spiro atoms. The molecule has 0 fully saturated rings. The zero-order valence-corrected chi connectivity index (χ0v) is 16.8. The van der Waals surface area contributed by atoms with Crippen molar-refractivity contribution < 1.29 is 19.1 Å². The fraction of sp³-hybridized carbons (Fsp3) is 0.526. The average molecular weight is 398 g/mol. The summed E-state index contributed by atoms with van der Waals surface area (Å²) in [5.41, 5.74) is 0.431. The molecular formula is C19H28ClN3O4. The van der Waals surface area contributed by atoms with E-state index in [9.17, 15) is 14.4 Å². The second-order valence-electron chi connectivity index (χ2n) is 7.01. The molecule has 27 heavy (non-hydrogen) atoms. The summed E-state index contributed by atoms with van der Waals surface area (Å²) in [6.45, 7) is 6.16. The van der Waals surface area contributed by atoms with Crippen LogP contribution < -0.4 is 16.0 Å². The van der Waals surface area contributed by atoms with Gasteiger partial charge in [0.1, 0.15) is 5.60 Å². The summed E-state index contributed by atoms with van der Waals surface area (Å²) < 4.78 is 5.07. The number of benzene rings is 1. The van der Waals surface area contributed by atoms with Gasteiger partial charge in [-0.25, -0.2) is 4.79 Å². The van der Waals surface area contributed by atoms with Crippen LogP contribution in [0.25, 0.3) is 0 Å². The molecular weight excluding hydrogens is 370 g/mol. The lowest BCUT2D eigenvalue weighted by Gasteiger charge is -2.19. The molecule has 0 saturated carbocycles. The van der Waals surface area contributed by atoms with Crippen LogP contribution in [0.3, 0.4) is 0 Å². The maximum absolute atomic E-state index is 11.8. The highest BCUT2D eigenvalue weighted by atomic mass is 35.5. The number of hydrogen-bond acceptors (Lipinski definition) is 4. The zero-order chi connectivity index (χ0) is 20.3. The van der Waals surface area contributed by atoms with Crippen LogP contribution in [0, 0.1) is 0 Å². The Morgan fingerprint density at radius 2 is 1.59 bits per heavy atom. The summed E-state index contributed by atoms with van der Waals surface area (Å²) >= 11 is 5.90. The van der Waals surface area contributed by atoms with E-state index in [1.165, 1.54) is 0 Å². The van der Waals surface area contributed by atoms with Crippen molar-refractivity contribution in [1.29, 1.82) is 0 Å². The topological polar surface area (TPSA) is 96.5 Å². The van der Waals surface area contributed by atoms with E-state index in [0.717, 1.165) is 5.56 Å². The van der Waals surface area contributed by atoms with Crippen LogP contribution in [0.5, 0.6) is 0 Å². The Bertz CT molecular complexity index is 644. The average Bonchev–Trinajstić information content (AvgIpc) is 2.55. The third-order valence-corrected chi connectivity index (χ3v) is 3.55. The van der Waals surface area contributed by atoms with Gasteiger partial charge in [0.25, 0.3) is 0 Å². The monoisotopic (exact) mass is 397 g/mol. The Morgan fingerprint density at radius 3 is 2.19 bits per heavy atom. The van der Waals surface area contributed by atoms with Gasteiger partial charge in [-0.3, -0.25) is 9.59 Å². The smallest absolute Gasteiger partial charge is 0.407 e. The number of amides is 3. The highest BCUT2D eigenvalue weighted by molar-refractivity contribution is 6.30. The van der Waals surface area contributed by atoms with Gasteiger partial charge in [-0.15, -0.1) is 0 Å². The van der Waals surface area contributed by atoms with Crippen LogP contribution in [0.1, 0.15) is 39.2 Å². The van der Waals surface area contributed by atoms with Gasteiger partial charge in [0, 0.05) is 37.5 Å². The van der Waals surface area contributed by atoms with Crippen LogP contribution in [0.4, 0.5) is 4.79 Å². The molecule has 0 unspecified atom stereocenters. The third-order valence-electron chi connectivity index (χ3n) is 3.32. The van der Waals surface area contributed by atoms with Crippen LogP contribution in [0.15, 0.2) is 24.3 Å². The number of nitrogens with one attached hydrogen (secondary N) is 3. The van der Waals surface area contributed by atoms with E-state index in [1.54, 1.807) is 26.8 Å². The van der Waals surface area contributed by atoms with Crippen molar-refractivity contribution in [2.75, 3.05) is 19.6 Å². The molecule has 0 aliphatic heterocycles. The van der Waals surface area contributed by atoms with Gasteiger partial charge < -0.3 is 20.7 Å². The molecule has 0 heterocycles. The predicted molar refractivity (Wildman–Crippen MR) is 105 cm³/mol. The summed E-state index contributed by atoms with van der Waals surface area (Å²) in [7, 11) is 0. The fourth-order valence-corrected chi connectivity index (χ4v) is 2.34. The number of ether oxygens (including phenoxy) is 1. The minimum absolute atomic E-state index is 0.0872. The Balaban J connectivity index is 2.07. The summed E-state index contributed by atoms with van der Waals surface area (Å²) in [6, 6.07) is 7.39. The summed E-state index contributed by atoms with van der Waals surface area (Å²) in [6.07, 6.45) is 0.549. The first-order chi connectivity index (χ1) is 12.7. The van der Waals surface area contributed by atoms with E-state index in [1.807, 2.05) is 18.2 Å². The van der Waals surface area contributed by atoms with Crippen molar-refractivity contribution in [1.82, 2.24) is 16.0 Å². The van der Waals surface area contributed by atoms with Crippen LogP contribution >= 0.6 is 11.6 Å². The van der Waals surface area contributed by atoms with Gasteiger partial charge in [-0.05, 0) is 44.9 Å². The normalized spacial score (nSPS) is 10.8. The molecule has 3 amide bonds. The lowest BCUT2D eigenvalue weighted by molar-refractivity contribution is -0.122. The maximum atomic E-state index is 11.8. The number of hydrogen-bond donors (Lipinski definition) is 3. The summed E-state index contributed by atoms with van der Waals surface area (Å²) in [4.78, 5) is 34.9. The molecule has 0 aliphatic rings. The van der Waals surface area contributed by atoms with Gasteiger partial charge in [0.15, 0.2) is 0 Å². The van der Waals surface area contributed by atoms with Gasteiger partial charge in [0.05, 0.1) is 0 Å². The SMILES string of the molecule is CC(C)(C)OC(=O)NCCC(=O)NCCNC(=O)CCc1cccc(Cl)c1. The van der Waals surface area contributed by atoms with E-state index < -0.39 is 11.7 Å². The summed E-state index contributed by atoms with van der Waals surface area (Å²) in [5.74, 6) is -0.296. The number of halogens is 1. The standard InChI is InChI=1S/C19H28ClN3O4/c1-19(2,3)27-18(26)23-10-9-17(25)22-12-11-21-16(24)8-7-14-5-4-6-15(20)13-14/h4-6,13H,7-12H2,1-3H3,(H,21,24)(H,22,25)(H,23,26). The van der Waals surface area contributed by atoms with E-state index in [2.05, 4.69) is 16.0 Å². The Morgan fingerprint density at radius 1 is 0.963 bits per heavy atom. The first-order valence-corrected chi connectivity index (χ1v) is 9.28. The van der Waals surface area contributed by atoms with Gasteiger partial charge in [0.2, 0.25) is 11.8 Å². The van der Waals surface area contributed by atoms with E-state index in [0.29, 0.717) is 31.0 Å². The zero-order valence-electron chi connectivity index (χ0n) is 16.1. The van der Waals surface area contributed by atoms with Gasteiger partial charge >= 0.3 is 6.09 Å². The molecule has 1 rings (SSSR count). The van der Waals surface area contributed by atoms with Gasteiger partial charge in [-0.1, -0.05) is 23.7 Å². The molecule has 0 saturated heterocycles. The molecule has 3 N–H and O–H groups in total. The van der Waals surface area contributed by atoms with Crippen LogP contribution in [0.2, 0.25) is 5.02 Å². The lowest BCUT2D eigenvalue weighted by atomic mass is 10.1. The number of aryl methyl sites for hydroxylation is 1. The Labute approximate surface area is 165 Å². The molecule has 150 valence electrons. The molecule has 1 aromatic carbocycles. The highest BCUT2D eigenvalue weighted by Gasteiger charge is 2.15. The summed E-state index contributed by atoms with van der Waals surface area (Å²) in [5, 5.41) is 8.59. The maximum Gasteiger partial charge on any atom is 0.407 e. The van der Waals surface area contributed by atoms with Crippen molar-refractivity contribution in [2.45, 2.75) is 45.6 Å². The number of carbonyl (C=O) groups is 3. The van der Waals surface area contributed by atoms with Crippen molar-refractivity contribution >= 4 is 29.5 Å². The third kappa shape index (κ3) is 11.9. The molecule has 0 aromatic heterocycles. The Kier molecular flexibility index (Phi) is 9.64. The molecule has 0 aliphatic carbocycles. The second-order valence-corrected chi connectivity index (χ2v) is 7.44. The largest absolute Gasteiger partial charge is 0.444 e. The quantitative estimate of drug-likeness (QED) is 0.557. The predicted octanol–water partition coefficient (Wildman–Crippen LogP) is 2.42. The minimum Gasteiger partial charge on any atom is -0.444 e. The second kappa shape index (κ2) is 11.4. The van der Waals surface area contributed by atoms with Crippen molar-refractivity contribution in [3.05, 3.63) is 34.9 Å². The van der Waals surface area contributed by atoms with Crippen molar-refractivity contribution in [2.24, 2.45) is 0 Å². The van der Waals surface area contributed by atoms with Crippen LogP contribution in [-0.4, -0.2) is 43.1 Å². The number of carbonyl (C=O) groups excluding carboxylic acids is 3. The van der Waals surface area contributed by atoms with Crippen LogP contribution in [-0.2, 0) is 20.7 Å². The van der Waals surface area contributed by atoms with E-state index in [-0.39, 0.29) is 24.8 Å². The molecule has 0 bridgehead atoms. The van der Waals surface area contributed by atoms with E-state index in [4.69, 9.17) is 16.3 Å². The van der Waals surface area contributed by atoms with E-state index >= 15 is 0 Å². The highest BCUT2D eigenvalue weighted by Crippen LogP contribution is 2.12. The number of rotatable bonds is 9. The molecule has 0 radical (unpaired) electrons. The molecule has 7 nitrogen and oxygen atoms in total. The van der Waals surface area contributed by atoms with Crippen molar-refractivity contribution in [3.8, 4) is 0 Å². The Hall–Kier alpha value is -2.28. The fourth-order valence-electron chi connectivity index (χ4n) is 2.12. The van der Waals surface area contributed by atoms with Crippen molar-refractivity contribution in [3.63, 3.8) is 0 Å². The molecule has 8 heteroatoms. The van der Waals surface area contributed by atoms with Gasteiger partial charge in [-0.2, -0.15) is 0 Å². The number of alkyl carbamates (subject to hydrolysis) is 1. The molecule has 1 aromatic rings.